The molecule has 0 aliphatic carbocycles. The molecule has 2 heterocycles. The molecule has 3 aromatic rings. The minimum atomic E-state index is -2.04. The van der Waals surface area contributed by atoms with Crippen LogP contribution in [0.25, 0.3) is 10.2 Å². The van der Waals surface area contributed by atoms with Crippen molar-refractivity contribution in [2.45, 2.75) is 17.2 Å². The van der Waals surface area contributed by atoms with Gasteiger partial charge >= 0.3 is 0 Å². The van der Waals surface area contributed by atoms with Crippen LogP contribution < -0.4 is 4.90 Å². The fourth-order valence-electron chi connectivity index (χ4n) is 3.15. The molecule has 9 heteroatoms. The molecule has 146 valence electrons. The number of thiol groups is 1. The van der Waals surface area contributed by atoms with Gasteiger partial charge in [-0.2, -0.15) is 4.36 Å². The number of anilines is 1. The molecule has 1 unspecified atom stereocenters. The monoisotopic (exact) mass is 433 g/mol. The maximum Gasteiger partial charge on any atom is 0.237 e. The van der Waals surface area contributed by atoms with Gasteiger partial charge in [0.1, 0.15) is 0 Å². The minimum absolute atomic E-state index is 0.101. The molecule has 1 atom stereocenters. The standard InChI is InChI=1S/C19H19N3O3S3/c1-25-28(24)21-14-8-9-15-17(11-14)27-19(20-15)26-12-18(23)22-10-4-6-13-5-2-3-7-16(13)22/h2-3,5,7-9,11,28H,4,6,10,12H2,1H3. The largest absolute Gasteiger partial charge is 0.311 e. The second kappa shape index (κ2) is 8.60. The summed E-state index contributed by atoms with van der Waals surface area (Å²) in [6.45, 7) is 0.763. The number of para-hydroxylation sites is 1. The van der Waals surface area contributed by atoms with Crippen LogP contribution in [-0.4, -0.2) is 34.5 Å². The van der Waals surface area contributed by atoms with Crippen molar-refractivity contribution in [3.05, 3.63) is 48.0 Å². The number of thioether (sulfide) groups is 1. The summed E-state index contributed by atoms with van der Waals surface area (Å²) in [7, 11) is -0.682. The second-order valence-corrected chi connectivity index (χ2v) is 9.51. The van der Waals surface area contributed by atoms with Gasteiger partial charge in [0.25, 0.3) is 0 Å². The number of hydrogen-bond donors (Lipinski definition) is 1. The normalized spacial score (nSPS) is 15.0. The highest BCUT2D eigenvalue weighted by atomic mass is 32.2. The molecule has 28 heavy (non-hydrogen) atoms. The zero-order chi connectivity index (χ0) is 19.5. The molecule has 1 amide bonds. The summed E-state index contributed by atoms with van der Waals surface area (Å²) in [4.78, 5) is 19.2. The molecule has 1 aliphatic rings. The van der Waals surface area contributed by atoms with Crippen molar-refractivity contribution in [3.63, 3.8) is 0 Å². The Bertz CT molecular complexity index is 1110. The van der Waals surface area contributed by atoms with Crippen LogP contribution in [0.5, 0.6) is 0 Å². The minimum Gasteiger partial charge on any atom is -0.311 e. The Morgan fingerprint density at radius 2 is 2.21 bits per heavy atom. The van der Waals surface area contributed by atoms with E-state index in [1.807, 2.05) is 35.2 Å². The Balaban J connectivity index is 1.47. The molecule has 0 N–H and O–H groups in total. The number of amides is 1. The lowest BCUT2D eigenvalue weighted by molar-refractivity contribution is -0.116. The van der Waals surface area contributed by atoms with Gasteiger partial charge < -0.3 is 4.90 Å². The SMILES string of the molecule is CO[SH](=O)=Nc1ccc2nc(SCC(=O)N3CCCc4ccccc43)sc2c1. The van der Waals surface area contributed by atoms with E-state index in [-0.39, 0.29) is 5.91 Å². The molecule has 0 saturated heterocycles. The van der Waals surface area contributed by atoms with Gasteiger partial charge in [-0.25, -0.2) is 9.19 Å². The summed E-state index contributed by atoms with van der Waals surface area (Å²) in [5.41, 5.74) is 3.70. The number of aryl methyl sites for hydroxylation is 1. The molecule has 0 fully saturated rings. The summed E-state index contributed by atoms with van der Waals surface area (Å²) in [6.07, 6.45) is 2.01. The first-order valence-electron chi connectivity index (χ1n) is 8.79. The van der Waals surface area contributed by atoms with Crippen molar-refractivity contribution in [1.82, 2.24) is 4.98 Å². The van der Waals surface area contributed by atoms with E-state index < -0.39 is 10.9 Å². The predicted molar refractivity (Wildman–Crippen MR) is 116 cm³/mol. The van der Waals surface area contributed by atoms with E-state index in [1.165, 1.54) is 35.8 Å². The Morgan fingerprint density at radius 3 is 3.07 bits per heavy atom. The summed E-state index contributed by atoms with van der Waals surface area (Å²) >= 11 is 2.96. The molecule has 0 bridgehead atoms. The average Bonchev–Trinajstić information content (AvgIpc) is 3.13. The van der Waals surface area contributed by atoms with E-state index in [4.69, 9.17) is 4.18 Å². The number of aromatic nitrogens is 1. The van der Waals surface area contributed by atoms with Gasteiger partial charge in [0.2, 0.25) is 5.91 Å². The van der Waals surface area contributed by atoms with Gasteiger partial charge in [-0.3, -0.25) is 8.98 Å². The number of fused-ring (bicyclic) bond motifs is 2. The quantitative estimate of drug-likeness (QED) is 0.482. The highest BCUT2D eigenvalue weighted by molar-refractivity contribution is 8.01. The van der Waals surface area contributed by atoms with Crippen LogP contribution in [0.3, 0.4) is 0 Å². The number of rotatable bonds is 5. The first-order chi connectivity index (χ1) is 13.6. The Morgan fingerprint density at radius 1 is 1.36 bits per heavy atom. The zero-order valence-electron chi connectivity index (χ0n) is 15.2. The summed E-state index contributed by atoms with van der Waals surface area (Å²) < 4.78 is 21.9. The maximum atomic E-state index is 12.8. The number of thiazole rings is 1. The maximum absolute atomic E-state index is 12.8. The van der Waals surface area contributed by atoms with E-state index in [0.717, 1.165) is 39.6 Å². The third-order valence-corrected chi connectivity index (χ3v) is 7.29. The Hall–Kier alpha value is -1.94. The molecular weight excluding hydrogens is 414 g/mol. The molecule has 4 rings (SSSR count). The number of carbonyl (C=O) groups is 1. The lowest BCUT2D eigenvalue weighted by Crippen LogP contribution is -2.36. The molecule has 1 aliphatic heterocycles. The van der Waals surface area contributed by atoms with Crippen LogP contribution >= 0.6 is 23.1 Å². The van der Waals surface area contributed by atoms with E-state index in [0.29, 0.717) is 11.4 Å². The third kappa shape index (κ3) is 4.22. The van der Waals surface area contributed by atoms with E-state index in [2.05, 4.69) is 15.4 Å². The molecule has 0 saturated carbocycles. The smallest absolute Gasteiger partial charge is 0.237 e. The van der Waals surface area contributed by atoms with Crippen LogP contribution in [0.15, 0.2) is 51.2 Å². The fraction of sp³-hybridized carbons (Fsp3) is 0.263. The van der Waals surface area contributed by atoms with Crippen molar-refractivity contribution in [2.24, 2.45) is 4.36 Å². The van der Waals surface area contributed by atoms with Gasteiger partial charge in [0.05, 0.1) is 28.8 Å². The van der Waals surface area contributed by atoms with E-state index >= 15 is 0 Å². The van der Waals surface area contributed by atoms with Crippen LogP contribution in [0.2, 0.25) is 0 Å². The molecule has 6 nitrogen and oxygen atoms in total. The number of nitrogens with zero attached hydrogens (tertiary/aromatic N) is 3. The first kappa shape index (κ1) is 19.4. The summed E-state index contributed by atoms with van der Waals surface area (Å²) in [5, 5.41) is 0. The van der Waals surface area contributed by atoms with Gasteiger partial charge in [-0.05, 0) is 42.7 Å². The average molecular weight is 434 g/mol. The molecular formula is C19H19N3O3S3. The number of benzene rings is 2. The van der Waals surface area contributed by atoms with Gasteiger partial charge in [0.15, 0.2) is 15.2 Å². The molecule has 0 radical (unpaired) electrons. The van der Waals surface area contributed by atoms with Gasteiger partial charge in [-0.1, -0.05) is 30.0 Å². The fourth-order valence-corrected chi connectivity index (χ4v) is 5.52. The molecule has 0 spiro atoms. The Labute approximate surface area is 173 Å². The van der Waals surface area contributed by atoms with Crippen molar-refractivity contribution >= 4 is 61.5 Å². The third-order valence-electron chi connectivity index (χ3n) is 4.44. The first-order valence-corrected chi connectivity index (χ1v) is 11.7. The lowest BCUT2D eigenvalue weighted by atomic mass is 10.0. The van der Waals surface area contributed by atoms with Crippen LogP contribution in [0.4, 0.5) is 11.4 Å². The summed E-state index contributed by atoms with van der Waals surface area (Å²) in [5.74, 6) is 0.449. The van der Waals surface area contributed by atoms with Gasteiger partial charge in [0, 0.05) is 12.2 Å². The Kier molecular flexibility index (Phi) is 5.96. The predicted octanol–water partition coefficient (Wildman–Crippen LogP) is 4.23. The van der Waals surface area contributed by atoms with E-state index in [1.54, 1.807) is 6.07 Å². The second-order valence-electron chi connectivity index (χ2n) is 6.22. The number of hydrogen-bond acceptors (Lipinski definition) is 7. The molecule has 1 aromatic heterocycles. The van der Waals surface area contributed by atoms with Gasteiger partial charge in [-0.15, -0.1) is 11.3 Å². The van der Waals surface area contributed by atoms with Crippen molar-refractivity contribution < 1.29 is 13.2 Å². The van der Waals surface area contributed by atoms with E-state index in [9.17, 15) is 9.00 Å². The van der Waals surface area contributed by atoms with Crippen molar-refractivity contribution in [1.29, 1.82) is 0 Å². The number of carbonyl (C=O) groups excluding carboxylic acids is 1. The molecule has 2 aromatic carbocycles. The van der Waals surface area contributed by atoms with Crippen LogP contribution in [0.1, 0.15) is 12.0 Å². The lowest BCUT2D eigenvalue weighted by Gasteiger charge is -2.29. The van der Waals surface area contributed by atoms with Crippen molar-refractivity contribution in [3.8, 4) is 0 Å². The van der Waals surface area contributed by atoms with Crippen LogP contribution in [0, 0.1) is 0 Å². The topological polar surface area (TPSA) is 71.9 Å². The highest BCUT2D eigenvalue weighted by Crippen LogP contribution is 2.33. The summed E-state index contributed by atoms with van der Waals surface area (Å²) in [6, 6.07) is 13.6. The zero-order valence-corrected chi connectivity index (χ0v) is 17.7. The van der Waals surface area contributed by atoms with Crippen LogP contribution in [-0.2, 0) is 26.3 Å². The highest BCUT2D eigenvalue weighted by Gasteiger charge is 2.22. The van der Waals surface area contributed by atoms with Crippen molar-refractivity contribution in [2.75, 3.05) is 24.3 Å².